The third-order valence-electron chi connectivity index (χ3n) is 2.90. The number of carbonyl (C=O) groups is 1. The van der Waals surface area contributed by atoms with E-state index in [1.807, 2.05) is 14.0 Å². The molecule has 1 heterocycles. The molecule has 1 aliphatic heterocycles. The average Bonchev–Trinajstić information content (AvgIpc) is 2.61. The van der Waals surface area contributed by atoms with Crippen LogP contribution in [0.15, 0.2) is 0 Å². The standard InChI is InChI=1S/C11H21NO2S/c1-9(13)5-7-12(3)10(14)11(2)6-4-8-15-11/h9,13H,4-8H2,1-3H3. The maximum Gasteiger partial charge on any atom is 0.238 e. The van der Waals surface area contributed by atoms with Crippen LogP contribution in [0.5, 0.6) is 0 Å². The summed E-state index contributed by atoms with van der Waals surface area (Å²) < 4.78 is -0.215. The van der Waals surface area contributed by atoms with Crippen molar-refractivity contribution in [1.82, 2.24) is 4.90 Å². The Labute approximate surface area is 96.2 Å². The normalized spacial score (nSPS) is 27.7. The monoisotopic (exact) mass is 231 g/mol. The van der Waals surface area contributed by atoms with Crippen molar-refractivity contribution in [3.63, 3.8) is 0 Å². The first-order valence-corrected chi connectivity index (χ1v) is 6.52. The summed E-state index contributed by atoms with van der Waals surface area (Å²) in [5.41, 5.74) is 0. The second kappa shape index (κ2) is 5.21. The van der Waals surface area contributed by atoms with Crippen LogP contribution in [0.2, 0.25) is 0 Å². The van der Waals surface area contributed by atoms with Gasteiger partial charge < -0.3 is 10.0 Å². The summed E-state index contributed by atoms with van der Waals surface area (Å²) in [4.78, 5) is 13.9. The number of hydrogen-bond donors (Lipinski definition) is 1. The highest BCUT2D eigenvalue weighted by molar-refractivity contribution is 8.01. The van der Waals surface area contributed by atoms with E-state index in [1.54, 1.807) is 23.6 Å². The molecule has 88 valence electrons. The molecule has 2 unspecified atom stereocenters. The number of thioether (sulfide) groups is 1. The van der Waals surface area contributed by atoms with Gasteiger partial charge in [0, 0.05) is 13.6 Å². The number of carbonyl (C=O) groups excluding carboxylic acids is 1. The SMILES string of the molecule is CC(O)CCN(C)C(=O)C1(C)CCCS1. The van der Waals surface area contributed by atoms with Crippen LogP contribution in [0.4, 0.5) is 0 Å². The zero-order chi connectivity index (χ0) is 11.5. The summed E-state index contributed by atoms with van der Waals surface area (Å²) in [5.74, 6) is 1.30. The summed E-state index contributed by atoms with van der Waals surface area (Å²) in [5, 5.41) is 9.17. The van der Waals surface area contributed by atoms with Gasteiger partial charge in [-0.3, -0.25) is 4.79 Å². The topological polar surface area (TPSA) is 40.5 Å². The van der Waals surface area contributed by atoms with Gasteiger partial charge in [-0.15, -0.1) is 11.8 Å². The molecule has 0 aromatic heterocycles. The van der Waals surface area contributed by atoms with Crippen molar-refractivity contribution in [3.05, 3.63) is 0 Å². The molecule has 4 heteroatoms. The van der Waals surface area contributed by atoms with Gasteiger partial charge in [-0.1, -0.05) is 0 Å². The van der Waals surface area contributed by atoms with Crippen LogP contribution in [0.25, 0.3) is 0 Å². The van der Waals surface area contributed by atoms with Gasteiger partial charge in [-0.2, -0.15) is 0 Å². The largest absolute Gasteiger partial charge is 0.393 e. The average molecular weight is 231 g/mol. The summed E-state index contributed by atoms with van der Waals surface area (Å²) in [6, 6.07) is 0. The lowest BCUT2D eigenvalue weighted by molar-refractivity contribution is -0.132. The zero-order valence-corrected chi connectivity index (χ0v) is 10.6. The van der Waals surface area contributed by atoms with E-state index in [9.17, 15) is 4.79 Å². The molecule has 0 aromatic carbocycles. The van der Waals surface area contributed by atoms with Gasteiger partial charge in [0.25, 0.3) is 0 Å². The van der Waals surface area contributed by atoms with Crippen molar-refractivity contribution < 1.29 is 9.90 Å². The second-order valence-corrected chi connectivity index (χ2v) is 6.15. The first-order valence-electron chi connectivity index (χ1n) is 5.53. The van der Waals surface area contributed by atoms with Crippen molar-refractivity contribution in [2.75, 3.05) is 19.3 Å². The molecule has 15 heavy (non-hydrogen) atoms. The van der Waals surface area contributed by atoms with Gasteiger partial charge in [0.05, 0.1) is 10.9 Å². The molecular formula is C11H21NO2S. The van der Waals surface area contributed by atoms with E-state index in [2.05, 4.69) is 0 Å². The summed E-state index contributed by atoms with van der Waals surface area (Å²) in [6.45, 7) is 4.43. The van der Waals surface area contributed by atoms with E-state index in [0.717, 1.165) is 18.6 Å². The first kappa shape index (κ1) is 12.8. The highest BCUT2D eigenvalue weighted by Crippen LogP contribution is 2.38. The summed E-state index contributed by atoms with van der Waals surface area (Å²) in [6.07, 6.45) is 2.44. The molecule has 0 radical (unpaired) electrons. The van der Waals surface area contributed by atoms with Crippen molar-refractivity contribution in [2.24, 2.45) is 0 Å². The number of rotatable bonds is 4. The fourth-order valence-corrected chi connectivity index (χ4v) is 3.14. The molecule has 1 amide bonds. The fraction of sp³-hybridized carbons (Fsp3) is 0.909. The van der Waals surface area contributed by atoms with Crippen molar-refractivity contribution in [1.29, 1.82) is 0 Å². The molecule has 0 aliphatic carbocycles. The van der Waals surface area contributed by atoms with Crippen LogP contribution < -0.4 is 0 Å². The van der Waals surface area contributed by atoms with E-state index in [4.69, 9.17) is 5.11 Å². The Balaban J connectivity index is 2.44. The highest BCUT2D eigenvalue weighted by Gasteiger charge is 2.38. The van der Waals surface area contributed by atoms with Crippen LogP contribution in [0.1, 0.15) is 33.1 Å². The van der Waals surface area contributed by atoms with Crippen LogP contribution in [-0.4, -0.2) is 46.1 Å². The van der Waals surface area contributed by atoms with Crippen molar-refractivity contribution in [2.45, 2.75) is 44.0 Å². The molecule has 2 atom stereocenters. The van der Waals surface area contributed by atoms with E-state index >= 15 is 0 Å². The third kappa shape index (κ3) is 3.38. The van der Waals surface area contributed by atoms with Gasteiger partial charge in [-0.25, -0.2) is 0 Å². The zero-order valence-electron chi connectivity index (χ0n) is 9.82. The lowest BCUT2D eigenvalue weighted by atomic mass is 10.0. The summed E-state index contributed by atoms with van der Waals surface area (Å²) in [7, 11) is 1.83. The van der Waals surface area contributed by atoms with E-state index in [0.29, 0.717) is 13.0 Å². The molecular weight excluding hydrogens is 210 g/mol. The third-order valence-corrected chi connectivity index (χ3v) is 4.41. The lowest BCUT2D eigenvalue weighted by Crippen LogP contribution is -2.42. The lowest BCUT2D eigenvalue weighted by Gasteiger charge is -2.28. The Morgan fingerprint density at radius 1 is 1.67 bits per heavy atom. The van der Waals surface area contributed by atoms with E-state index in [-0.39, 0.29) is 16.8 Å². The highest BCUT2D eigenvalue weighted by atomic mass is 32.2. The van der Waals surface area contributed by atoms with Gasteiger partial charge in [0.2, 0.25) is 5.91 Å². The Bertz CT molecular complexity index is 225. The first-order chi connectivity index (χ1) is 6.96. The maximum atomic E-state index is 12.1. The quantitative estimate of drug-likeness (QED) is 0.797. The smallest absolute Gasteiger partial charge is 0.238 e. The van der Waals surface area contributed by atoms with E-state index < -0.39 is 0 Å². The molecule has 1 N–H and O–H groups in total. The number of aliphatic hydroxyl groups is 1. The Morgan fingerprint density at radius 3 is 2.80 bits per heavy atom. The molecule has 1 fully saturated rings. The molecule has 1 rings (SSSR count). The number of hydrogen-bond acceptors (Lipinski definition) is 3. The molecule has 1 saturated heterocycles. The van der Waals surface area contributed by atoms with E-state index in [1.165, 1.54) is 0 Å². The molecule has 0 spiro atoms. The predicted molar refractivity (Wildman–Crippen MR) is 64.0 cm³/mol. The van der Waals surface area contributed by atoms with Gasteiger partial charge in [0.1, 0.15) is 0 Å². The molecule has 0 saturated carbocycles. The van der Waals surface area contributed by atoms with Gasteiger partial charge in [0.15, 0.2) is 0 Å². The maximum absolute atomic E-state index is 12.1. The van der Waals surface area contributed by atoms with Crippen LogP contribution >= 0.6 is 11.8 Å². The van der Waals surface area contributed by atoms with Gasteiger partial charge >= 0.3 is 0 Å². The van der Waals surface area contributed by atoms with Crippen LogP contribution in [-0.2, 0) is 4.79 Å². The molecule has 0 aromatic rings. The molecule has 3 nitrogen and oxygen atoms in total. The predicted octanol–water partition coefficient (Wildman–Crippen LogP) is 1.50. The Kier molecular flexibility index (Phi) is 4.46. The number of amides is 1. The molecule has 1 aliphatic rings. The minimum absolute atomic E-state index is 0.214. The van der Waals surface area contributed by atoms with Crippen molar-refractivity contribution >= 4 is 17.7 Å². The van der Waals surface area contributed by atoms with Gasteiger partial charge in [-0.05, 0) is 38.9 Å². The van der Waals surface area contributed by atoms with Crippen LogP contribution in [0, 0.1) is 0 Å². The Hall–Kier alpha value is -0.220. The summed E-state index contributed by atoms with van der Waals surface area (Å²) >= 11 is 1.76. The molecule has 0 bridgehead atoms. The second-order valence-electron chi connectivity index (χ2n) is 4.55. The fourth-order valence-electron chi connectivity index (χ4n) is 1.83. The number of nitrogens with zero attached hydrogens (tertiary/aromatic N) is 1. The Morgan fingerprint density at radius 2 is 2.33 bits per heavy atom. The van der Waals surface area contributed by atoms with Crippen molar-refractivity contribution in [3.8, 4) is 0 Å². The minimum Gasteiger partial charge on any atom is -0.393 e. The van der Waals surface area contributed by atoms with Crippen LogP contribution in [0.3, 0.4) is 0 Å². The minimum atomic E-state index is -0.329. The number of aliphatic hydroxyl groups excluding tert-OH is 1.